The molecule has 0 fully saturated rings. The molecule has 5 aromatic rings. The number of carbonyl (C=O) groups is 1. The molecule has 1 unspecified atom stereocenters. The third-order valence-electron chi connectivity index (χ3n) is 7.11. The Bertz CT molecular complexity index is 2000. The number of nitrogens with zero attached hydrogens (tertiary/aromatic N) is 4. The second-order valence-corrected chi connectivity index (χ2v) is 11.4. The van der Waals surface area contributed by atoms with E-state index >= 15 is 0 Å². The van der Waals surface area contributed by atoms with Crippen LogP contribution in [0.1, 0.15) is 37.9 Å². The van der Waals surface area contributed by atoms with E-state index in [4.69, 9.17) is 19.6 Å². The second kappa shape index (κ2) is 11.7. The molecule has 0 spiro atoms. The zero-order valence-corrected chi connectivity index (χ0v) is 25.0. The summed E-state index contributed by atoms with van der Waals surface area (Å²) in [4.78, 5) is 32.8. The van der Waals surface area contributed by atoms with Gasteiger partial charge in [0, 0.05) is 17.3 Å². The number of thiazole rings is 1. The Labute approximate surface area is 252 Å². The molecule has 2 aromatic heterocycles. The summed E-state index contributed by atoms with van der Waals surface area (Å²) < 4.78 is 14.8. The van der Waals surface area contributed by atoms with Gasteiger partial charge >= 0.3 is 5.97 Å². The van der Waals surface area contributed by atoms with Crippen LogP contribution in [0.4, 0.5) is 0 Å². The number of fused-ring (bicyclic) bond motifs is 1. The second-order valence-electron chi connectivity index (χ2n) is 10.4. The molecule has 0 N–H and O–H groups in total. The summed E-state index contributed by atoms with van der Waals surface area (Å²) in [5.41, 5.74) is 4.72. The Morgan fingerprint density at radius 1 is 0.977 bits per heavy atom. The number of para-hydroxylation sites is 1. The minimum absolute atomic E-state index is 0.251. The lowest BCUT2D eigenvalue weighted by atomic mass is 9.96. The molecular formula is C34H30N4O4S. The highest BCUT2D eigenvalue weighted by Crippen LogP contribution is 2.32. The zero-order valence-electron chi connectivity index (χ0n) is 24.2. The number of methoxy groups -OCH3 is 1. The number of hydrogen-bond acceptors (Lipinski definition) is 7. The van der Waals surface area contributed by atoms with Gasteiger partial charge in [-0.05, 0) is 56.7 Å². The van der Waals surface area contributed by atoms with Crippen molar-refractivity contribution >= 4 is 23.4 Å². The molecule has 216 valence electrons. The fraction of sp³-hybridized carbons (Fsp3) is 0.176. The van der Waals surface area contributed by atoms with Crippen LogP contribution in [0.15, 0.2) is 112 Å². The molecule has 0 saturated heterocycles. The van der Waals surface area contributed by atoms with Crippen molar-refractivity contribution in [2.45, 2.75) is 32.9 Å². The van der Waals surface area contributed by atoms with Crippen molar-refractivity contribution in [1.82, 2.24) is 14.3 Å². The van der Waals surface area contributed by atoms with E-state index in [9.17, 15) is 9.59 Å². The van der Waals surface area contributed by atoms with Gasteiger partial charge in [-0.2, -0.15) is 5.10 Å². The van der Waals surface area contributed by atoms with Crippen molar-refractivity contribution in [2.75, 3.05) is 7.11 Å². The van der Waals surface area contributed by atoms with Gasteiger partial charge in [-0.1, -0.05) is 72.0 Å². The lowest BCUT2D eigenvalue weighted by molar-refractivity contribution is -0.143. The lowest BCUT2D eigenvalue weighted by Crippen LogP contribution is -2.40. The lowest BCUT2D eigenvalue weighted by Gasteiger charge is -2.25. The fourth-order valence-corrected chi connectivity index (χ4v) is 6.17. The normalized spacial score (nSPS) is 14.9. The van der Waals surface area contributed by atoms with E-state index in [-0.39, 0.29) is 11.7 Å². The maximum Gasteiger partial charge on any atom is 0.338 e. The number of hydrogen-bond donors (Lipinski definition) is 0. The van der Waals surface area contributed by atoms with Gasteiger partial charge in [-0.3, -0.25) is 9.36 Å². The molecule has 0 aliphatic carbocycles. The van der Waals surface area contributed by atoms with Gasteiger partial charge in [0.2, 0.25) is 0 Å². The SMILES string of the molecule is COc1ccc(C2C(C(=O)OC(C)C)=C(C)N=c3s/c(=C/c4cn(-c5ccccc5)nc4-c4ccccc4)c(=O)n32)cc1. The van der Waals surface area contributed by atoms with Crippen LogP contribution in [-0.2, 0) is 9.53 Å². The number of benzene rings is 3. The smallest absolute Gasteiger partial charge is 0.338 e. The number of aromatic nitrogens is 3. The van der Waals surface area contributed by atoms with Crippen LogP contribution in [0.2, 0.25) is 0 Å². The average Bonchev–Trinajstić information content (AvgIpc) is 3.57. The van der Waals surface area contributed by atoms with E-state index in [0.717, 1.165) is 28.1 Å². The number of esters is 1. The first-order valence-corrected chi connectivity index (χ1v) is 14.7. The highest BCUT2D eigenvalue weighted by molar-refractivity contribution is 7.07. The molecule has 6 rings (SSSR count). The fourth-order valence-electron chi connectivity index (χ4n) is 5.13. The van der Waals surface area contributed by atoms with E-state index in [2.05, 4.69) is 0 Å². The van der Waals surface area contributed by atoms with Gasteiger partial charge in [0.25, 0.3) is 5.56 Å². The highest BCUT2D eigenvalue weighted by atomic mass is 32.1. The number of rotatable bonds is 7. The van der Waals surface area contributed by atoms with Gasteiger partial charge in [-0.15, -0.1) is 0 Å². The molecule has 3 heterocycles. The maximum atomic E-state index is 14.2. The van der Waals surface area contributed by atoms with Crippen molar-refractivity contribution in [1.29, 1.82) is 0 Å². The van der Waals surface area contributed by atoms with Gasteiger partial charge in [0.1, 0.15) is 5.75 Å². The first kappa shape index (κ1) is 28.1. The minimum Gasteiger partial charge on any atom is -0.497 e. The molecule has 8 nitrogen and oxygen atoms in total. The van der Waals surface area contributed by atoms with Crippen LogP contribution < -0.4 is 19.6 Å². The molecule has 9 heteroatoms. The van der Waals surface area contributed by atoms with E-state index in [0.29, 0.717) is 26.4 Å². The average molecular weight is 591 g/mol. The molecule has 0 radical (unpaired) electrons. The van der Waals surface area contributed by atoms with Crippen LogP contribution in [0.25, 0.3) is 23.0 Å². The third kappa shape index (κ3) is 5.47. The molecule has 0 saturated carbocycles. The van der Waals surface area contributed by atoms with Gasteiger partial charge < -0.3 is 9.47 Å². The first-order chi connectivity index (χ1) is 20.8. The van der Waals surface area contributed by atoms with Crippen molar-refractivity contribution in [2.24, 2.45) is 4.99 Å². The van der Waals surface area contributed by atoms with Crippen molar-refractivity contribution in [3.63, 3.8) is 0 Å². The molecule has 3 aromatic carbocycles. The summed E-state index contributed by atoms with van der Waals surface area (Å²) in [5, 5.41) is 4.89. The van der Waals surface area contributed by atoms with E-state index in [1.54, 1.807) is 32.4 Å². The minimum atomic E-state index is -0.712. The van der Waals surface area contributed by atoms with Crippen molar-refractivity contribution < 1.29 is 14.3 Å². The molecule has 1 aliphatic heterocycles. The predicted molar refractivity (Wildman–Crippen MR) is 167 cm³/mol. The Balaban J connectivity index is 1.55. The summed E-state index contributed by atoms with van der Waals surface area (Å²) in [6.07, 6.45) is 3.45. The van der Waals surface area contributed by atoms with E-state index < -0.39 is 12.0 Å². The maximum absolute atomic E-state index is 14.2. The molecule has 43 heavy (non-hydrogen) atoms. The number of allylic oxidation sites excluding steroid dienone is 1. The molecular weight excluding hydrogens is 560 g/mol. The van der Waals surface area contributed by atoms with Crippen LogP contribution >= 0.6 is 11.3 Å². The molecule has 1 atom stereocenters. The summed E-state index contributed by atoms with van der Waals surface area (Å²) >= 11 is 1.28. The topological polar surface area (TPSA) is 87.7 Å². The summed E-state index contributed by atoms with van der Waals surface area (Å²) in [7, 11) is 1.59. The monoisotopic (exact) mass is 590 g/mol. The third-order valence-corrected chi connectivity index (χ3v) is 8.10. The Morgan fingerprint density at radius 2 is 1.65 bits per heavy atom. The number of ether oxygens (including phenoxy) is 2. The van der Waals surface area contributed by atoms with Crippen LogP contribution in [0, 0.1) is 0 Å². The van der Waals surface area contributed by atoms with E-state index in [1.165, 1.54) is 11.3 Å². The largest absolute Gasteiger partial charge is 0.497 e. The Morgan fingerprint density at radius 3 is 2.30 bits per heavy atom. The predicted octanol–water partition coefficient (Wildman–Crippen LogP) is 5.05. The summed E-state index contributed by atoms with van der Waals surface area (Å²) in [6.45, 7) is 5.37. The van der Waals surface area contributed by atoms with Crippen LogP contribution in [0.5, 0.6) is 5.75 Å². The van der Waals surface area contributed by atoms with Gasteiger partial charge in [-0.25, -0.2) is 14.5 Å². The van der Waals surface area contributed by atoms with Crippen molar-refractivity contribution in [3.8, 4) is 22.7 Å². The standard InChI is InChI=1S/C34H30N4O4S/c1-21(2)42-33(40)29-22(3)35-34-38(31(29)24-15-17-27(41-4)18-16-24)32(39)28(43-34)19-25-20-37(26-13-9-6-10-14-26)36-30(25)23-11-7-5-8-12-23/h5-21,31H,1-4H3/b28-19+. The molecule has 0 amide bonds. The molecule has 0 bridgehead atoms. The zero-order chi connectivity index (χ0) is 30.1. The van der Waals surface area contributed by atoms with Crippen LogP contribution in [0.3, 0.4) is 0 Å². The highest BCUT2D eigenvalue weighted by Gasteiger charge is 2.34. The van der Waals surface area contributed by atoms with Gasteiger partial charge in [0.15, 0.2) is 4.80 Å². The van der Waals surface area contributed by atoms with E-state index in [1.807, 2.05) is 102 Å². The first-order valence-electron chi connectivity index (χ1n) is 13.9. The quantitative estimate of drug-likeness (QED) is 0.248. The molecule has 1 aliphatic rings. The van der Waals surface area contributed by atoms with Crippen molar-refractivity contribution in [3.05, 3.63) is 133 Å². The summed E-state index contributed by atoms with van der Waals surface area (Å²) in [6, 6.07) is 26.4. The Kier molecular flexibility index (Phi) is 7.65. The Hall–Kier alpha value is -5.02. The van der Waals surface area contributed by atoms with Crippen LogP contribution in [-0.4, -0.2) is 33.5 Å². The number of carbonyl (C=O) groups excluding carboxylic acids is 1. The summed E-state index contributed by atoms with van der Waals surface area (Å²) in [5.74, 6) is 0.175. The van der Waals surface area contributed by atoms with Gasteiger partial charge in [0.05, 0.1) is 46.4 Å².